The van der Waals surface area contributed by atoms with Gasteiger partial charge in [-0.2, -0.15) is 0 Å². The van der Waals surface area contributed by atoms with Crippen molar-refractivity contribution in [3.8, 4) is 93.7 Å². The molecule has 8 rings (SSSR count). The number of hydrogen-bond acceptors (Lipinski definition) is 9. The van der Waals surface area contributed by atoms with E-state index in [1.807, 2.05) is 6.20 Å². The number of para-hydroxylation sites is 2. The third kappa shape index (κ3) is 11.6. The van der Waals surface area contributed by atoms with Crippen LogP contribution in [0, 0.1) is 59.7 Å². The minimum absolute atomic E-state index is 0.0538. The van der Waals surface area contributed by atoms with Crippen LogP contribution in [0.25, 0.3) is 44.3 Å². The molecule has 6 heterocycles. The molecule has 0 spiro atoms. The third-order valence-electron chi connectivity index (χ3n) is 9.04. The average molecular weight is 858 g/mol. The Labute approximate surface area is 372 Å². The molecule has 0 bridgehead atoms. The van der Waals surface area contributed by atoms with Crippen molar-refractivity contribution in [3.05, 3.63) is 82.9 Å². The van der Waals surface area contributed by atoms with E-state index in [0.717, 1.165) is 61.0 Å². The second kappa shape index (κ2) is 23.2. The van der Waals surface area contributed by atoms with E-state index in [9.17, 15) is 5.11 Å². The average Bonchev–Trinajstić information content (AvgIpc) is 3.96. The zero-order valence-corrected chi connectivity index (χ0v) is 35.0. The molecule has 2 aliphatic heterocycles. The third-order valence-corrected chi connectivity index (χ3v) is 9.41. The first-order valence-electron chi connectivity index (χ1n) is 22.9. The summed E-state index contributed by atoms with van der Waals surface area (Å²) in [5, 5.41) is 20.6. The highest BCUT2D eigenvalue weighted by Crippen LogP contribution is 2.39. The number of aromatic hydroxyl groups is 1. The Bertz CT molecular complexity index is 2780. The van der Waals surface area contributed by atoms with E-state index in [0.29, 0.717) is 31.3 Å². The highest BCUT2D eigenvalue weighted by Gasteiger charge is 2.21. The molecule has 60 heavy (non-hydrogen) atoms. The molecule has 0 unspecified atom stereocenters. The Hall–Kier alpha value is -6.46. The van der Waals surface area contributed by atoms with Crippen LogP contribution >= 0.6 is 23.2 Å². The van der Waals surface area contributed by atoms with Crippen LogP contribution in [-0.4, -0.2) is 79.9 Å². The monoisotopic (exact) mass is 856 g/mol. The number of aromatic nitrogens is 6. The molecule has 0 saturated heterocycles. The lowest BCUT2D eigenvalue weighted by Crippen LogP contribution is -2.06. The molecule has 4 aromatic heterocycles. The number of benzene rings is 2. The van der Waals surface area contributed by atoms with Gasteiger partial charge in [0, 0.05) is 73.5 Å². The summed E-state index contributed by atoms with van der Waals surface area (Å²) < 4.78 is 59.8. The minimum Gasteiger partial charge on any atom is -0.504 e. The highest BCUT2D eigenvalue weighted by molar-refractivity contribution is 6.28. The first-order chi connectivity index (χ1) is 33.3. The van der Waals surface area contributed by atoms with Crippen molar-refractivity contribution in [1.82, 2.24) is 29.1 Å². The molecule has 0 amide bonds. The number of aliphatic hydroxyl groups is 1. The van der Waals surface area contributed by atoms with E-state index in [2.05, 4.69) is 130 Å². The Morgan fingerprint density at radius 2 is 1.28 bits per heavy atom. The summed E-state index contributed by atoms with van der Waals surface area (Å²) in [5.74, 6) is 22.6. The first kappa shape index (κ1) is 39.0. The summed E-state index contributed by atoms with van der Waals surface area (Å²) >= 11 is 11.9. The molecule has 11 nitrogen and oxygen atoms in total. The van der Waals surface area contributed by atoms with E-state index in [4.69, 9.17) is 56.1 Å². The summed E-state index contributed by atoms with van der Waals surface area (Å²) in [4.78, 5) is 16.5. The SMILES string of the molecule is C#CC#CC#CC#CC#CC.COCCO.COCCOc1cnc(Cl)nc1-c1cn2c3c(cccc13)CCC2.Oc1cnc(Cl)nc1-c1cn2c3c(cccc13)CCC2.[2H][2H].[2H][2H].[2H][2H].[2H][2H]. The zero-order chi connectivity index (χ0) is 50.7. The van der Waals surface area contributed by atoms with Gasteiger partial charge in [-0.05, 0) is 114 Å². The highest BCUT2D eigenvalue weighted by atomic mass is 35.5. The van der Waals surface area contributed by atoms with Crippen molar-refractivity contribution in [1.29, 1.82) is 0 Å². The zero-order valence-electron chi connectivity index (χ0n) is 41.5. The minimum atomic E-state index is 0.0538. The largest absolute Gasteiger partial charge is 0.504 e. The predicted molar refractivity (Wildman–Crippen MR) is 245 cm³/mol. The topological polar surface area (TPSA) is 130 Å². The molecular weight excluding hydrogens is 799 g/mol. The lowest BCUT2D eigenvalue weighted by Gasteiger charge is -2.14. The molecule has 2 aliphatic rings. The molecule has 0 saturated carbocycles. The molecular formula is C47H50Cl2N6O5. The van der Waals surface area contributed by atoms with Crippen molar-refractivity contribution >= 4 is 45.0 Å². The molecule has 6 aromatic rings. The van der Waals surface area contributed by atoms with Crippen LogP contribution in [0.4, 0.5) is 0 Å². The van der Waals surface area contributed by atoms with E-state index in [1.54, 1.807) is 27.3 Å². The van der Waals surface area contributed by atoms with Crippen molar-refractivity contribution in [3.63, 3.8) is 0 Å². The van der Waals surface area contributed by atoms with Crippen LogP contribution in [0.5, 0.6) is 11.5 Å². The number of aryl methyl sites for hydroxylation is 4. The van der Waals surface area contributed by atoms with E-state index in [1.165, 1.54) is 33.7 Å². The molecule has 312 valence electrons. The Morgan fingerprint density at radius 3 is 1.82 bits per heavy atom. The van der Waals surface area contributed by atoms with Crippen molar-refractivity contribution in [2.45, 2.75) is 45.7 Å². The second-order valence-corrected chi connectivity index (χ2v) is 13.5. The van der Waals surface area contributed by atoms with Gasteiger partial charge < -0.3 is 33.6 Å². The number of methoxy groups -OCH3 is 2. The van der Waals surface area contributed by atoms with Gasteiger partial charge in [0.25, 0.3) is 0 Å². The Kier molecular flexibility index (Phi) is 15.1. The molecule has 2 aromatic carbocycles. The Balaban J connectivity index is 0.000000473. The normalized spacial score (nSPS) is 11.9. The van der Waals surface area contributed by atoms with E-state index in [-0.39, 0.29) is 22.9 Å². The van der Waals surface area contributed by atoms with Crippen LogP contribution < -0.4 is 4.74 Å². The van der Waals surface area contributed by atoms with Crippen LogP contribution in [0.3, 0.4) is 0 Å². The van der Waals surface area contributed by atoms with Crippen LogP contribution in [0.1, 0.15) is 42.8 Å². The number of ether oxygens (including phenoxy) is 3. The Morgan fingerprint density at radius 1 is 0.750 bits per heavy atom. The number of hydrogen-bond donors (Lipinski definition) is 2. The fourth-order valence-electron chi connectivity index (χ4n) is 6.67. The van der Waals surface area contributed by atoms with Crippen molar-refractivity contribution in [2.75, 3.05) is 40.6 Å². The smallest absolute Gasteiger partial charge is 0.223 e. The van der Waals surface area contributed by atoms with Gasteiger partial charge in [-0.3, -0.25) is 0 Å². The first-order valence-corrected chi connectivity index (χ1v) is 19.7. The van der Waals surface area contributed by atoms with Crippen molar-refractivity contribution < 1.29 is 36.3 Å². The van der Waals surface area contributed by atoms with E-state index >= 15 is 0 Å². The maximum absolute atomic E-state index is 10.0. The van der Waals surface area contributed by atoms with Gasteiger partial charge in [-0.15, -0.1) is 6.42 Å². The molecule has 0 radical (unpaired) electrons. The molecule has 13 heteroatoms. The maximum atomic E-state index is 10.0. The van der Waals surface area contributed by atoms with Gasteiger partial charge in [0.2, 0.25) is 10.6 Å². The number of aliphatic hydroxyl groups excluding tert-OH is 1. The number of nitrogens with zero attached hydrogens (tertiary/aromatic N) is 6. The van der Waals surface area contributed by atoms with Gasteiger partial charge in [0.05, 0.1) is 43.2 Å². The van der Waals surface area contributed by atoms with Crippen LogP contribution in [0.15, 0.2) is 61.2 Å². The predicted octanol–water partition coefficient (Wildman–Crippen LogP) is 8.39. The van der Waals surface area contributed by atoms with Crippen molar-refractivity contribution in [2.24, 2.45) is 0 Å². The summed E-state index contributed by atoms with van der Waals surface area (Å²) in [7, 11) is 3.20. The molecule has 2 N–H and O–H groups in total. The lowest BCUT2D eigenvalue weighted by molar-refractivity contribution is 0.135. The van der Waals surface area contributed by atoms with Crippen LogP contribution in [0.2, 0.25) is 10.6 Å². The summed E-state index contributed by atoms with van der Waals surface area (Å²) in [6, 6.07) is 12.7. The summed E-state index contributed by atoms with van der Waals surface area (Å²) in [5.41, 5.74) is 8.42. The van der Waals surface area contributed by atoms with Gasteiger partial charge in [-0.25, -0.2) is 19.9 Å². The summed E-state index contributed by atoms with van der Waals surface area (Å²) in [6.07, 6.45) is 16.5. The van der Waals surface area contributed by atoms with Crippen LogP contribution in [-0.2, 0) is 35.4 Å². The summed E-state index contributed by atoms with van der Waals surface area (Å²) in [6.45, 7) is 5.24. The fraction of sp³-hybridized carbons (Fsp3) is 0.277. The number of halogens is 2. The van der Waals surface area contributed by atoms with Gasteiger partial charge >= 0.3 is 0 Å². The fourth-order valence-corrected chi connectivity index (χ4v) is 6.94. The lowest BCUT2D eigenvalue weighted by atomic mass is 10.0. The van der Waals surface area contributed by atoms with Gasteiger partial charge in [0.15, 0.2) is 11.5 Å². The quantitative estimate of drug-likeness (QED) is 0.0881. The molecule has 0 aliphatic carbocycles. The number of terminal acetylenes is 1. The maximum Gasteiger partial charge on any atom is 0.223 e. The van der Waals surface area contributed by atoms with Gasteiger partial charge in [0.1, 0.15) is 18.0 Å². The standard InChI is InChI=1S/C18H18ClN3O2.C15H12ClN3O.C11H4.C3H8O2.4H2/c1-23-8-9-24-15-10-20-18(19)21-16(15)14-11-22-7-3-5-12-4-2-6-13(14)17(12)22;16-15-17-7-12(20)13(18-15)11-8-19-6-2-4-9-3-1-5-10(11)14(9)19;1-3-5-7-9-11-10-8-6-4-2;1-5-3-2-4;;;;/h2,4,6,10-11H,3,5,7-9H2,1H3;1,3,5,7-8,20H,2,4,6H2;1H,2H3;4H,2-3H2,1H3;4*1H/i;;;;4*1+1D. The second-order valence-electron chi connectivity index (χ2n) is 12.9. The molecule has 0 atom stereocenters. The van der Waals surface area contributed by atoms with Gasteiger partial charge in [-0.1, -0.05) is 42.3 Å². The molecule has 0 fully saturated rings. The van der Waals surface area contributed by atoms with E-state index < -0.39 is 0 Å². The number of rotatable bonds is 8.